The molecule has 118 valence electrons. The second-order valence-electron chi connectivity index (χ2n) is 5.20. The lowest BCUT2D eigenvalue weighted by molar-refractivity contribution is -0.156. The number of rotatable bonds is 4. The van der Waals surface area contributed by atoms with Crippen LogP contribution in [0.25, 0.3) is 0 Å². The molecule has 0 bridgehead atoms. The van der Waals surface area contributed by atoms with E-state index in [1.54, 1.807) is 18.2 Å². The Balaban J connectivity index is 2.37. The lowest BCUT2D eigenvalue weighted by atomic mass is 9.83. The monoisotopic (exact) mass is 335 g/mol. The quantitative estimate of drug-likeness (QED) is 0.653. The third kappa shape index (κ3) is 3.68. The van der Waals surface area contributed by atoms with E-state index < -0.39 is 24.9 Å². The summed E-state index contributed by atoms with van der Waals surface area (Å²) in [5.74, 6) is -0.272. The minimum atomic E-state index is -1.72. The first kappa shape index (κ1) is 17.0. The molecule has 0 radical (unpaired) electrons. The van der Waals surface area contributed by atoms with E-state index in [1.165, 1.54) is 0 Å². The Labute approximate surface area is 133 Å². The standard InChI is InChI=1S/C14H19Cl2NO4/c15-11-2-1-9(5-12(11)16)10-6-17-3-4-21-13(10)14(20,7-18)8-19/h1-2,5,10,13,17-20H,3-4,6-8H2/t10-,13+/m0/s1. The average Bonchev–Trinajstić information content (AvgIpc) is 2.75. The number of benzene rings is 1. The Hall–Kier alpha value is -0.400. The van der Waals surface area contributed by atoms with Gasteiger partial charge >= 0.3 is 0 Å². The van der Waals surface area contributed by atoms with Gasteiger partial charge in [0.15, 0.2) is 0 Å². The minimum absolute atomic E-state index is 0.272. The van der Waals surface area contributed by atoms with Crippen molar-refractivity contribution in [2.75, 3.05) is 32.9 Å². The van der Waals surface area contributed by atoms with Gasteiger partial charge in [0, 0.05) is 19.0 Å². The molecule has 0 aromatic heterocycles. The van der Waals surface area contributed by atoms with Gasteiger partial charge in [-0.25, -0.2) is 0 Å². The molecule has 1 saturated heterocycles. The highest BCUT2D eigenvalue weighted by molar-refractivity contribution is 6.42. The van der Waals surface area contributed by atoms with E-state index in [9.17, 15) is 15.3 Å². The van der Waals surface area contributed by atoms with Crippen LogP contribution >= 0.6 is 23.2 Å². The number of hydrogen-bond acceptors (Lipinski definition) is 5. The molecule has 1 aliphatic heterocycles. The number of aliphatic hydroxyl groups excluding tert-OH is 2. The molecule has 1 aromatic carbocycles. The van der Waals surface area contributed by atoms with E-state index >= 15 is 0 Å². The largest absolute Gasteiger partial charge is 0.393 e. The Morgan fingerprint density at radius 3 is 2.57 bits per heavy atom. The van der Waals surface area contributed by atoms with Crippen molar-refractivity contribution in [3.8, 4) is 0 Å². The molecule has 1 fully saturated rings. The predicted molar refractivity (Wildman–Crippen MR) is 80.9 cm³/mol. The predicted octanol–water partition coefficient (Wildman–Crippen LogP) is 0.781. The van der Waals surface area contributed by atoms with Gasteiger partial charge in [-0.1, -0.05) is 29.3 Å². The fourth-order valence-corrected chi connectivity index (χ4v) is 2.84. The van der Waals surface area contributed by atoms with Crippen molar-refractivity contribution in [1.29, 1.82) is 0 Å². The lowest BCUT2D eigenvalue weighted by Crippen LogP contribution is -2.53. The molecule has 2 rings (SSSR count). The second-order valence-corrected chi connectivity index (χ2v) is 6.01. The molecule has 1 aliphatic rings. The van der Waals surface area contributed by atoms with E-state index in [4.69, 9.17) is 27.9 Å². The Bertz CT molecular complexity index is 482. The van der Waals surface area contributed by atoms with Crippen LogP contribution in [0.2, 0.25) is 10.0 Å². The fraction of sp³-hybridized carbons (Fsp3) is 0.571. The molecule has 0 spiro atoms. The lowest BCUT2D eigenvalue weighted by Gasteiger charge is -2.37. The summed E-state index contributed by atoms with van der Waals surface area (Å²) < 4.78 is 5.68. The van der Waals surface area contributed by atoms with Crippen LogP contribution in [0.3, 0.4) is 0 Å². The summed E-state index contributed by atoms with van der Waals surface area (Å²) in [5, 5.41) is 33.4. The van der Waals surface area contributed by atoms with E-state index in [1.807, 2.05) is 0 Å². The number of nitrogens with one attached hydrogen (secondary N) is 1. The summed E-state index contributed by atoms with van der Waals surface area (Å²) in [6.45, 7) is 0.356. The molecule has 0 amide bonds. The van der Waals surface area contributed by atoms with Crippen molar-refractivity contribution in [1.82, 2.24) is 5.32 Å². The van der Waals surface area contributed by atoms with Gasteiger partial charge in [0.2, 0.25) is 0 Å². The van der Waals surface area contributed by atoms with Gasteiger partial charge in [-0.2, -0.15) is 0 Å². The van der Waals surface area contributed by atoms with Gasteiger partial charge in [0.25, 0.3) is 0 Å². The third-order valence-electron chi connectivity index (χ3n) is 3.75. The van der Waals surface area contributed by atoms with E-state index in [2.05, 4.69) is 5.32 Å². The highest BCUT2D eigenvalue weighted by atomic mass is 35.5. The molecule has 0 aliphatic carbocycles. The minimum Gasteiger partial charge on any atom is -0.393 e. The van der Waals surface area contributed by atoms with Gasteiger partial charge in [-0.05, 0) is 17.7 Å². The molecule has 21 heavy (non-hydrogen) atoms. The fourth-order valence-electron chi connectivity index (χ4n) is 2.53. The van der Waals surface area contributed by atoms with Crippen molar-refractivity contribution in [2.24, 2.45) is 0 Å². The topological polar surface area (TPSA) is 82.0 Å². The van der Waals surface area contributed by atoms with Crippen molar-refractivity contribution < 1.29 is 20.1 Å². The van der Waals surface area contributed by atoms with Crippen molar-refractivity contribution in [3.63, 3.8) is 0 Å². The van der Waals surface area contributed by atoms with Crippen LogP contribution in [0, 0.1) is 0 Å². The van der Waals surface area contributed by atoms with Crippen molar-refractivity contribution in [2.45, 2.75) is 17.6 Å². The first-order valence-electron chi connectivity index (χ1n) is 6.73. The number of ether oxygens (including phenoxy) is 1. The second kappa shape index (κ2) is 7.24. The van der Waals surface area contributed by atoms with Crippen LogP contribution in [0.4, 0.5) is 0 Å². The molecule has 4 N–H and O–H groups in total. The van der Waals surface area contributed by atoms with E-state index in [0.717, 1.165) is 5.56 Å². The van der Waals surface area contributed by atoms with Crippen molar-refractivity contribution >= 4 is 23.2 Å². The Morgan fingerprint density at radius 1 is 1.24 bits per heavy atom. The first-order chi connectivity index (χ1) is 10.0. The van der Waals surface area contributed by atoms with Gasteiger partial charge in [-0.3, -0.25) is 0 Å². The van der Waals surface area contributed by atoms with Crippen LogP contribution in [-0.4, -0.2) is 59.9 Å². The number of aliphatic hydroxyl groups is 3. The Kier molecular flexibility index (Phi) is 5.85. The summed E-state index contributed by atoms with van der Waals surface area (Å²) in [6.07, 6.45) is -0.750. The van der Waals surface area contributed by atoms with Crippen LogP contribution in [0.15, 0.2) is 18.2 Å². The molecule has 2 atom stereocenters. The molecular weight excluding hydrogens is 317 g/mol. The highest BCUT2D eigenvalue weighted by Gasteiger charge is 2.43. The molecule has 0 saturated carbocycles. The summed E-state index contributed by atoms with van der Waals surface area (Å²) in [6, 6.07) is 5.20. The SMILES string of the molecule is OCC(O)(CO)[C@@H]1OCCNC[C@H]1c1ccc(Cl)c(Cl)c1. The van der Waals surface area contributed by atoms with Crippen molar-refractivity contribution in [3.05, 3.63) is 33.8 Å². The van der Waals surface area contributed by atoms with Crippen LogP contribution in [-0.2, 0) is 4.74 Å². The smallest absolute Gasteiger partial charge is 0.137 e. The zero-order valence-corrected chi connectivity index (χ0v) is 12.9. The number of hydrogen-bond donors (Lipinski definition) is 4. The maximum Gasteiger partial charge on any atom is 0.137 e. The highest BCUT2D eigenvalue weighted by Crippen LogP contribution is 2.33. The molecule has 7 heteroatoms. The maximum atomic E-state index is 10.4. The van der Waals surface area contributed by atoms with Crippen LogP contribution in [0.1, 0.15) is 11.5 Å². The van der Waals surface area contributed by atoms with Gasteiger partial charge < -0.3 is 25.4 Å². The normalized spacial score (nSPS) is 23.9. The van der Waals surface area contributed by atoms with Crippen LogP contribution in [0.5, 0.6) is 0 Å². The molecular formula is C14H19Cl2NO4. The molecule has 0 unspecified atom stereocenters. The van der Waals surface area contributed by atoms with Gasteiger partial charge in [0.1, 0.15) is 5.60 Å². The van der Waals surface area contributed by atoms with E-state index in [-0.39, 0.29) is 5.92 Å². The maximum absolute atomic E-state index is 10.4. The number of halogens is 2. The van der Waals surface area contributed by atoms with Gasteiger partial charge in [-0.15, -0.1) is 0 Å². The molecule has 5 nitrogen and oxygen atoms in total. The zero-order chi connectivity index (χ0) is 15.5. The zero-order valence-electron chi connectivity index (χ0n) is 11.4. The van der Waals surface area contributed by atoms with Crippen LogP contribution < -0.4 is 5.32 Å². The molecule has 1 heterocycles. The van der Waals surface area contributed by atoms with Gasteiger partial charge in [0.05, 0.1) is 36.0 Å². The van der Waals surface area contributed by atoms with E-state index in [0.29, 0.717) is 29.7 Å². The average molecular weight is 336 g/mol. The molecule has 1 aromatic rings. The first-order valence-corrected chi connectivity index (χ1v) is 7.49. The summed E-state index contributed by atoms with van der Waals surface area (Å²) in [7, 11) is 0. The Morgan fingerprint density at radius 2 is 1.95 bits per heavy atom. The summed E-state index contributed by atoms with van der Waals surface area (Å²) in [4.78, 5) is 0. The summed E-state index contributed by atoms with van der Waals surface area (Å²) >= 11 is 12.0. The summed E-state index contributed by atoms with van der Waals surface area (Å²) in [5.41, 5.74) is -0.896. The third-order valence-corrected chi connectivity index (χ3v) is 4.49.